The minimum atomic E-state index is 0.548. The largest absolute Gasteiger partial charge is 0.494 e. The number of nitrogens with two attached hydrogens (primary N) is 1. The van der Waals surface area contributed by atoms with Crippen LogP contribution in [-0.2, 0) is 0 Å². The van der Waals surface area contributed by atoms with Gasteiger partial charge >= 0.3 is 0 Å². The van der Waals surface area contributed by atoms with Crippen LogP contribution in [0.4, 0.5) is 0 Å². The molecule has 1 aromatic carbocycles. The van der Waals surface area contributed by atoms with Crippen LogP contribution in [0.3, 0.4) is 0 Å². The zero-order chi connectivity index (χ0) is 11.6. The Morgan fingerprint density at radius 3 is 2.25 bits per heavy atom. The third-order valence-corrected chi connectivity index (χ3v) is 1.95. The monoisotopic (exact) mass is 221 g/mol. The molecule has 3 nitrogen and oxygen atoms in total. The van der Waals surface area contributed by atoms with E-state index in [1.54, 1.807) is 0 Å². The van der Waals surface area contributed by atoms with Crippen molar-refractivity contribution in [2.45, 2.75) is 13.3 Å². The Bertz CT molecular complexity index is 306. The van der Waals surface area contributed by atoms with E-state index < -0.39 is 0 Å². The van der Waals surface area contributed by atoms with Gasteiger partial charge < -0.3 is 15.2 Å². The molecular weight excluding hydrogens is 202 g/mol. The summed E-state index contributed by atoms with van der Waals surface area (Å²) in [4.78, 5) is 0. The van der Waals surface area contributed by atoms with Crippen molar-refractivity contribution in [3.8, 4) is 11.5 Å². The van der Waals surface area contributed by atoms with Crippen molar-refractivity contribution >= 4 is 0 Å². The lowest BCUT2D eigenvalue weighted by atomic mass is 10.3. The Kier molecular flexibility index (Phi) is 6.11. The molecule has 0 aliphatic rings. The van der Waals surface area contributed by atoms with E-state index in [1.165, 1.54) is 0 Å². The summed E-state index contributed by atoms with van der Waals surface area (Å²) in [6, 6.07) is 7.64. The molecule has 2 N–H and O–H groups in total. The Hall–Kier alpha value is -1.48. The standard InChI is InChI=1S/C13H19NO2/c1-2-10-15-12-5-7-13(8-6-12)16-11-4-3-9-14/h3-8H,2,9-11,14H2,1H3. The van der Waals surface area contributed by atoms with Gasteiger partial charge in [-0.3, -0.25) is 0 Å². The zero-order valence-electron chi connectivity index (χ0n) is 9.69. The first-order chi connectivity index (χ1) is 7.86. The molecule has 0 aliphatic carbocycles. The van der Waals surface area contributed by atoms with Gasteiger partial charge in [0.15, 0.2) is 0 Å². The first-order valence-electron chi connectivity index (χ1n) is 5.57. The van der Waals surface area contributed by atoms with Gasteiger partial charge in [0.1, 0.15) is 18.1 Å². The molecule has 16 heavy (non-hydrogen) atoms. The maximum atomic E-state index is 5.47. The molecule has 0 spiro atoms. The summed E-state index contributed by atoms with van der Waals surface area (Å²) < 4.78 is 10.9. The molecule has 1 aromatic rings. The van der Waals surface area contributed by atoms with E-state index in [2.05, 4.69) is 6.92 Å². The second-order valence-electron chi connectivity index (χ2n) is 3.34. The average Bonchev–Trinajstić information content (AvgIpc) is 2.33. The molecule has 0 aliphatic heterocycles. The molecule has 88 valence electrons. The van der Waals surface area contributed by atoms with Crippen LogP contribution in [0.1, 0.15) is 13.3 Å². The Morgan fingerprint density at radius 2 is 1.69 bits per heavy atom. The van der Waals surface area contributed by atoms with Gasteiger partial charge in [0.25, 0.3) is 0 Å². The third kappa shape index (κ3) is 4.84. The highest BCUT2D eigenvalue weighted by atomic mass is 16.5. The van der Waals surface area contributed by atoms with Gasteiger partial charge in [-0.1, -0.05) is 19.1 Å². The van der Waals surface area contributed by atoms with Crippen LogP contribution in [0.5, 0.6) is 11.5 Å². The molecule has 0 saturated heterocycles. The van der Waals surface area contributed by atoms with E-state index in [9.17, 15) is 0 Å². The smallest absolute Gasteiger partial charge is 0.120 e. The molecule has 0 aromatic heterocycles. The first-order valence-corrected chi connectivity index (χ1v) is 5.57. The van der Waals surface area contributed by atoms with Crippen molar-refractivity contribution in [3.63, 3.8) is 0 Å². The van der Waals surface area contributed by atoms with Crippen LogP contribution in [0, 0.1) is 0 Å². The zero-order valence-corrected chi connectivity index (χ0v) is 9.69. The van der Waals surface area contributed by atoms with Crippen molar-refractivity contribution in [1.82, 2.24) is 0 Å². The van der Waals surface area contributed by atoms with Crippen LogP contribution < -0.4 is 15.2 Å². The van der Waals surface area contributed by atoms with Crippen LogP contribution in [0.15, 0.2) is 36.4 Å². The Labute approximate surface area is 96.9 Å². The molecular formula is C13H19NO2. The van der Waals surface area contributed by atoms with Gasteiger partial charge in [0, 0.05) is 6.54 Å². The molecule has 0 amide bonds. The lowest BCUT2D eigenvalue weighted by Gasteiger charge is -2.06. The predicted molar refractivity (Wildman–Crippen MR) is 65.9 cm³/mol. The van der Waals surface area contributed by atoms with Gasteiger partial charge in [-0.25, -0.2) is 0 Å². The summed E-state index contributed by atoms with van der Waals surface area (Å²) in [6.07, 6.45) is 4.79. The number of hydrogen-bond donors (Lipinski definition) is 1. The van der Waals surface area contributed by atoms with Gasteiger partial charge in [0.2, 0.25) is 0 Å². The van der Waals surface area contributed by atoms with E-state index in [1.807, 2.05) is 36.4 Å². The van der Waals surface area contributed by atoms with Gasteiger partial charge in [-0.05, 0) is 30.7 Å². The Morgan fingerprint density at radius 1 is 1.06 bits per heavy atom. The lowest BCUT2D eigenvalue weighted by Crippen LogP contribution is -1.97. The van der Waals surface area contributed by atoms with Crippen LogP contribution in [0.2, 0.25) is 0 Å². The maximum Gasteiger partial charge on any atom is 0.120 e. The fraction of sp³-hybridized carbons (Fsp3) is 0.385. The highest BCUT2D eigenvalue weighted by molar-refractivity contribution is 5.31. The molecule has 0 bridgehead atoms. The first kappa shape index (κ1) is 12.6. The van der Waals surface area contributed by atoms with Crippen LogP contribution >= 0.6 is 0 Å². The number of ether oxygens (including phenoxy) is 2. The lowest BCUT2D eigenvalue weighted by molar-refractivity contribution is 0.315. The van der Waals surface area contributed by atoms with Crippen molar-refractivity contribution in [1.29, 1.82) is 0 Å². The van der Waals surface area contributed by atoms with Gasteiger partial charge in [-0.15, -0.1) is 0 Å². The van der Waals surface area contributed by atoms with Crippen LogP contribution in [0.25, 0.3) is 0 Å². The molecule has 0 radical (unpaired) electrons. The summed E-state index contributed by atoms with van der Waals surface area (Å²) in [5.74, 6) is 1.72. The highest BCUT2D eigenvalue weighted by Crippen LogP contribution is 2.17. The molecule has 0 saturated carbocycles. The third-order valence-electron chi connectivity index (χ3n) is 1.95. The second-order valence-corrected chi connectivity index (χ2v) is 3.34. The van der Waals surface area contributed by atoms with E-state index in [0.717, 1.165) is 24.5 Å². The predicted octanol–water partition coefficient (Wildman–Crippen LogP) is 2.37. The summed E-state index contributed by atoms with van der Waals surface area (Å²) >= 11 is 0. The van der Waals surface area contributed by atoms with E-state index in [4.69, 9.17) is 15.2 Å². The normalized spacial score (nSPS) is 10.6. The average molecular weight is 221 g/mol. The second kappa shape index (κ2) is 7.77. The van der Waals surface area contributed by atoms with Crippen molar-refractivity contribution in [2.24, 2.45) is 5.73 Å². The van der Waals surface area contributed by atoms with E-state index in [-0.39, 0.29) is 0 Å². The van der Waals surface area contributed by atoms with Gasteiger partial charge in [0.05, 0.1) is 6.61 Å². The minimum absolute atomic E-state index is 0.548. The molecule has 3 heteroatoms. The fourth-order valence-electron chi connectivity index (χ4n) is 1.16. The summed E-state index contributed by atoms with van der Waals surface area (Å²) in [7, 11) is 0. The summed E-state index contributed by atoms with van der Waals surface area (Å²) in [5, 5.41) is 0. The van der Waals surface area contributed by atoms with E-state index >= 15 is 0 Å². The van der Waals surface area contributed by atoms with Gasteiger partial charge in [-0.2, -0.15) is 0 Å². The van der Waals surface area contributed by atoms with Crippen LogP contribution in [-0.4, -0.2) is 19.8 Å². The molecule has 0 heterocycles. The Balaban J connectivity index is 2.36. The molecule has 0 fully saturated rings. The number of benzene rings is 1. The fourth-order valence-corrected chi connectivity index (χ4v) is 1.16. The topological polar surface area (TPSA) is 44.5 Å². The maximum absolute atomic E-state index is 5.47. The molecule has 0 atom stereocenters. The van der Waals surface area contributed by atoms with Crippen molar-refractivity contribution < 1.29 is 9.47 Å². The number of rotatable bonds is 7. The van der Waals surface area contributed by atoms with Crippen molar-refractivity contribution in [2.75, 3.05) is 19.8 Å². The van der Waals surface area contributed by atoms with Crippen molar-refractivity contribution in [3.05, 3.63) is 36.4 Å². The molecule has 1 rings (SSSR count). The number of hydrogen-bond acceptors (Lipinski definition) is 3. The SMILES string of the molecule is CCCOc1ccc(OCC=CCN)cc1. The van der Waals surface area contributed by atoms with E-state index in [0.29, 0.717) is 13.2 Å². The minimum Gasteiger partial charge on any atom is -0.494 e. The molecule has 0 unspecified atom stereocenters. The highest BCUT2D eigenvalue weighted by Gasteiger charge is 1.94. The quantitative estimate of drug-likeness (QED) is 0.719. The summed E-state index contributed by atoms with van der Waals surface area (Å²) in [6.45, 7) is 3.93. The summed E-state index contributed by atoms with van der Waals surface area (Å²) in [5.41, 5.74) is 5.32.